The summed E-state index contributed by atoms with van der Waals surface area (Å²) in [5.41, 5.74) is 0.788. The highest BCUT2D eigenvalue weighted by Crippen LogP contribution is 2.29. The zero-order valence-electron chi connectivity index (χ0n) is 11.0. The number of anilines is 1. The molecule has 5 nitrogen and oxygen atoms in total. The van der Waals surface area contributed by atoms with Crippen molar-refractivity contribution in [2.75, 3.05) is 4.72 Å². The van der Waals surface area contributed by atoms with E-state index >= 15 is 0 Å². The molecule has 2 rings (SSSR count). The maximum Gasteiger partial charge on any atom is 0.265 e. The molecule has 0 aliphatic carbocycles. The van der Waals surface area contributed by atoms with E-state index in [0.717, 1.165) is 3.57 Å². The van der Waals surface area contributed by atoms with Gasteiger partial charge in [0.15, 0.2) is 0 Å². The van der Waals surface area contributed by atoms with Gasteiger partial charge < -0.3 is 9.52 Å². The maximum absolute atomic E-state index is 12.5. The van der Waals surface area contributed by atoms with Crippen molar-refractivity contribution in [1.29, 1.82) is 0 Å². The molecule has 108 valence electrons. The second kappa shape index (κ2) is 5.74. The number of aliphatic hydroxyl groups excluding tert-OH is 1. The minimum absolute atomic E-state index is 0.0113. The molecular formula is C13H14INO4S. The number of benzene rings is 1. The third-order valence-corrected chi connectivity index (χ3v) is 5.37. The minimum Gasteiger partial charge on any atom is -0.465 e. The lowest BCUT2D eigenvalue weighted by atomic mass is 10.2. The molecule has 0 amide bonds. The summed E-state index contributed by atoms with van der Waals surface area (Å²) < 4.78 is 33.6. The van der Waals surface area contributed by atoms with Crippen LogP contribution in [0.15, 0.2) is 33.6 Å². The minimum atomic E-state index is -3.80. The average Bonchev–Trinajstić information content (AvgIpc) is 2.67. The Morgan fingerprint density at radius 1 is 1.25 bits per heavy atom. The monoisotopic (exact) mass is 407 g/mol. The summed E-state index contributed by atoms with van der Waals surface area (Å²) >= 11 is 2.05. The molecule has 0 radical (unpaired) electrons. The fraction of sp³-hybridized carbons (Fsp3) is 0.231. The quantitative estimate of drug-likeness (QED) is 0.765. The number of para-hydroxylation sites is 1. The van der Waals surface area contributed by atoms with Gasteiger partial charge in [-0.05, 0) is 48.6 Å². The van der Waals surface area contributed by atoms with E-state index < -0.39 is 10.0 Å². The lowest BCUT2D eigenvalue weighted by Gasteiger charge is -2.10. The van der Waals surface area contributed by atoms with Gasteiger partial charge in [-0.2, -0.15) is 0 Å². The SMILES string of the molecule is Cc1oc(C)c(S(=O)(=O)Nc2ccccc2I)c1CO. The molecule has 1 aromatic heterocycles. The Bertz CT molecular complexity index is 737. The van der Waals surface area contributed by atoms with Crippen LogP contribution in [-0.4, -0.2) is 13.5 Å². The number of sulfonamides is 1. The van der Waals surface area contributed by atoms with E-state index in [1.807, 2.05) is 6.07 Å². The third-order valence-electron chi connectivity index (χ3n) is 2.87. The van der Waals surface area contributed by atoms with Crippen LogP contribution < -0.4 is 4.72 Å². The summed E-state index contributed by atoms with van der Waals surface area (Å²) in [6.07, 6.45) is 0. The lowest BCUT2D eigenvalue weighted by Crippen LogP contribution is -2.16. The van der Waals surface area contributed by atoms with Crippen molar-refractivity contribution in [3.8, 4) is 0 Å². The first kappa shape index (κ1) is 15.3. The molecular weight excluding hydrogens is 393 g/mol. The predicted molar refractivity (Wildman–Crippen MR) is 84.1 cm³/mol. The largest absolute Gasteiger partial charge is 0.465 e. The Balaban J connectivity index is 2.49. The van der Waals surface area contributed by atoms with Crippen LogP contribution in [0.1, 0.15) is 17.1 Å². The zero-order chi connectivity index (χ0) is 14.9. The molecule has 0 spiro atoms. The maximum atomic E-state index is 12.5. The van der Waals surface area contributed by atoms with Gasteiger partial charge in [-0.25, -0.2) is 8.42 Å². The highest BCUT2D eigenvalue weighted by Gasteiger charge is 2.27. The smallest absolute Gasteiger partial charge is 0.265 e. The topological polar surface area (TPSA) is 79.5 Å². The van der Waals surface area contributed by atoms with E-state index in [-0.39, 0.29) is 17.3 Å². The van der Waals surface area contributed by atoms with Crippen LogP contribution >= 0.6 is 22.6 Å². The first-order chi connectivity index (χ1) is 9.36. The Morgan fingerprint density at radius 2 is 1.90 bits per heavy atom. The van der Waals surface area contributed by atoms with Crippen molar-refractivity contribution in [3.05, 3.63) is 44.9 Å². The van der Waals surface area contributed by atoms with Gasteiger partial charge in [0, 0.05) is 9.13 Å². The van der Waals surface area contributed by atoms with E-state index in [1.165, 1.54) is 0 Å². The number of furan rings is 1. The Kier molecular flexibility index (Phi) is 4.40. The summed E-state index contributed by atoms with van der Waals surface area (Å²) in [6.45, 7) is 2.81. The molecule has 0 atom stereocenters. The first-order valence-electron chi connectivity index (χ1n) is 5.84. The molecule has 0 aliphatic heterocycles. The van der Waals surface area contributed by atoms with Crippen molar-refractivity contribution >= 4 is 38.3 Å². The van der Waals surface area contributed by atoms with Gasteiger partial charge in [-0.1, -0.05) is 12.1 Å². The van der Waals surface area contributed by atoms with Crippen molar-refractivity contribution in [1.82, 2.24) is 0 Å². The van der Waals surface area contributed by atoms with Gasteiger partial charge in [-0.15, -0.1) is 0 Å². The molecule has 0 saturated carbocycles. The van der Waals surface area contributed by atoms with Crippen LogP contribution in [0.3, 0.4) is 0 Å². The van der Waals surface area contributed by atoms with Gasteiger partial charge >= 0.3 is 0 Å². The van der Waals surface area contributed by atoms with E-state index in [1.54, 1.807) is 32.0 Å². The molecule has 0 bridgehead atoms. The number of halogens is 1. The Morgan fingerprint density at radius 3 is 2.50 bits per heavy atom. The number of hydrogen-bond acceptors (Lipinski definition) is 4. The van der Waals surface area contributed by atoms with Crippen molar-refractivity contribution in [3.63, 3.8) is 0 Å². The average molecular weight is 407 g/mol. The van der Waals surface area contributed by atoms with Gasteiger partial charge in [-0.3, -0.25) is 4.72 Å². The number of aryl methyl sites for hydroxylation is 2. The second-order valence-electron chi connectivity index (χ2n) is 4.27. The second-order valence-corrected chi connectivity index (χ2v) is 7.05. The van der Waals surface area contributed by atoms with Crippen LogP contribution in [0.25, 0.3) is 0 Å². The summed E-state index contributed by atoms with van der Waals surface area (Å²) in [6, 6.07) is 7.06. The van der Waals surface area contributed by atoms with Crippen LogP contribution in [0.5, 0.6) is 0 Å². The molecule has 1 aromatic carbocycles. The third kappa shape index (κ3) is 2.84. The highest BCUT2D eigenvalue weighted by molar-refractivity contribution is 14.1. The summed E-state index contributed by atoms with van der Waals surface area (Å²) in [4.78, 5) is 0.0113. The summed E-state index contributed by atoms with van der Waals surface area (Å²) in [5, 5.41) is 9.34. The standard InChI is InChI=1S/C13H14INO4S/c1-8-10(7-16)13(9(2)19-8)20(17,18)15-12-6-4-3-5-11(12)14/h3-6,15-16H,7H2,1-2H3. The molecule has 2 N–H and O–H groups in total. The number of nitrogens with one attached hydrogen (secondary N) is 1. The lowest BCUT2D eigenvalue weighted by molar-refractivity contribution is 0.276. The fourth-order valence-electron chi connectivity index (χ4n) is 1.98. The Labute approximate surface area is 131 Å². The van der Waals surface area contributed by atoms with Gasteiger partial charge in [0.05, 0.1) is 12.3 Å². The summed E-state index contributed by atoms with van der Waals surface area (Å²) in [7, 11) is -3.80. The molecule has 7 heteroatoms. The van der Waals surface area contributed by atoms with E-state index in [4.69, 9.17) is 4.42 Å². The zero-order valence-corrected chi connectivity index (χ0v) is 13.9. The van der Waals surface area contributed by atoms with Crippen molar-refractivity contribution < 1.29 is 17.9 Å². The first-order valence-corrected chi connectivity index (χ1v) is 8.40. The number of aliphatic hydroxyl groups is 1. The number of rotatable bonds is 4. The van der Waals surface area contributed by atoms with E-state index in [0.29, 0.717) is 17.0 Å². The van der Waals surface area contributed by atoms with Gasteiger partial charge in [0.25, 0.3) is 10.0 Å². The highest BCUT2D eigenvalue weighted by atomic mass is 127. The normalized spacial score (nSPS) is 11.6. The van der Waals surface area contributed by atoms with Crippen LogP contribution in [0.2, 0.25) is 0 Å². The Hall–Kier alpha value is -1.06. The van der Waals surface area contributed by atoms with Crippen molar-refractivity contribution in [2.24, 2.45) is 0 Å². The van der Waals surface area contributed by atoms with Crippen LogP contribution in [0.4, 0.5) is 5.69 Å². The van der Waals surface area contributed by atoms with E-state index in [2.05, 4.69) is 27.3 Å². The molecule has 0 fully saturated rings. The molecule has 2 aromatic rings. The molecule has 0 aliphatic rings. The number of hydrogen-bond donors (Lipinski definition) is 2. The predicted octanol–water partition coefficient (Wildman–Crippen LogP) is 2.79. The van der Waals surface area contributed by atoms with Crippen molar-refractivity contribution in [2.45, 2.75) is 25.3 Å². The van der Waals surface area contributed by atoms with Crippen LogP contribution in [-0.2, 0) is 16.6 Å². The fourth-order valence-corrected chi connectivity index (χ4v) is 4.21. The summed E-state index contributed by atoms with van der Waals surface area (Å²) in [5.74, 6) is 0.679. The molecule has 20 heavy (non-hydrogen) atoms. The molecule has 0 unspecified atom stereocenters. The van der Waals surface area contributed by atoms with E-state index in [9.17, 15) is 13.5 Å². The van der Waals surface area contributed by atoms with Gasteiger partial charge in [0.1, 0.15) is 16.4 Å². The molecule has 0 saturated heterocycles. The van der Waals surface area contributed by atoms with Gasteiger partial charge in [0.2, 0.25) is 0 Å². The van der Waals surface area contributed by atoms with Crippen LogP contribution in [0, 0.1) is 17.4 Å². The molecule has 1 heterocycles.